The molecular formula is C27H24AsF3N3O3. The molecule has 0 aliphatic carbocycles. The third-order valence-corrected chi connectivity index (χ3v) is 7.95. The van der Waals surface area contributed by atoms with Crippen LogP contribution < -0.4 is 4.35 Å². The molecule has 6 nitrogen and oxygen atoms in total. The van der Waals surface area contributed by atoms with Crippen LogP contribution in [0, 0.1) is 20.8 Å². The van der Waals surface area contributed by atoms with Gasteiger partial charge in [-0.2, -0.15) is 0 Å². The summed E-state index contributed by atoms with van der Waals surface area (Å²) >= 11 is -0.934. The first-order chi connectivity index (χ1) is 17.5. The maximum atomic E-state index is 13.6. The predicted molar refractivity (Wildman–Crippen MR) is 134 cm³/mol. The van der Waals surface area contributed by atoms with Gasteiger partial charge < -0.3 is 0 Å². The Morgan fingerprint density at radius 2 is 1.68 bits per heavy atom. The number of ether oxygens (including phenoxy) is 1. The zero-order valence-corrected chi connectivity index (χ0v) is 22.5. The number of alkyl halides is 3. The van der Waals surface area contributed by atoms with Crippen molar-refractivity contribution in [1.82, 2.24) is 14.3 Å². The van der Waals surface area contributed by atoms with Crippen LogP contribution in [0.15, 0.2) is 60.8 Å². The minimum absolute atomic E-state index is 0.00126. The van der Waals surface area contributed by atoms with Crippen LogP contribution in [0.2, 0.25) is 0 Å². The SMILES string of the molecule is CCOC(=O)c1cn(-c2ccc([As]C(=O)c3cc(C)n(-c4ccccc4C(F)(F)F)c3C)cc2)nc1C. The van der Waals surface area contributed by atoms with Crippen LogP contribution in [-0.2, 0) is 10.9 Å². The summed E-state index contributed by atoms with van der Waals surface area (Å²) in [6, 6.07) is 14.3. The summed E-state index contributed by atoms with van der Waals surface area (Å²) in [6.07, 6.45) is -2.91. The second-order valence-electron chi connectivity index (χ2n) is 8.36. The number of hydrogen-bond donors (Lipinski definition) is 0. The van der Waals surface area contributed by atoms with E-state index in [1.807, 2.05) is 24.3 Å². The molecule has 10 heteroatoms. The molecule has 1 radical (unpaired) electrons. The van der Waals surface area contributed by atoms with Gasteiger partial charge in [0.25, 0.3) is 0 Å². The number of para-hydroxylation sites is 1. The molecular weight excluding hydrogens is 546 g/mol. The summed E-state index contributed by atoms with van der Waals surface area (Å²) in [7, 11) is 0. The normalized spacial score (nSPS) is 11.9. The fourth-order valence-electron chi connectivity index (χ4n) is 4.12. The van der Waals surface area contributed by atoms with E-state index in [9.17, 15) is 22.8 Å². The zero-order valence-electron chi connectivity index (χ0n) is 20.6. The van der Waals surface area contributed by atoms with Crippen LogP contribution >= 0.6 is 0 Å². The second kappa shape index (κ2) is 10.4. The molecule has 0 bridgehead atoms. The number of halogens is 3. The summed E-state index contributed by atoms with van der Waals surface area (Å²) in [6.45, 7) is 7.09. The predicted octanol–water partition coefficient (Wildman–Crippen LogP) is 4.95. The van der Waals surface area contributed by atoms with E-state index in [-0.39, 0.29) is 16.9 Å². The van der Waals surface area contributed by atoms with E-state index in [1.165, 1.54) is 16.7 Å². The van der Waals surface area contributed by atoms with Crippen LogP contribution in [0.25, 0.3) is 11.4 Å². The van der Waals surface area contributed by atoms with E-state index >= 15 is 0 Å². The molecule has 2 aromatic carbocycles. The Hall–Kier alpha value is -3.58. The summed E-state index contributed by atoms with van der Waals surface area (Å²) in [5.74, 6) is -0.436. The van der Waals surface area contributed by atoms with Crippen molar-refractivity contribution in [1.29, 1.82) is 0 Å². The average molecular weight is 570 g/mol. The van der Waals surface area contributed by atoms with E-state index in [2.05, 4.69) is 5.10 Å². The Bertz CT molecular complexity index is 1470. The minimum atomic E-state index is -4.51. The van der Waals surface area contributed by atoms with E-state index in [4.69, 9.17) is 4.74 Å². The molecule has 0 N–H and O–H groups in total. The van der Waals surface area contributed by atoms with Gasteiger partial charge in [0.05, 0.1) is 0 Å². The van der Waals surface area contributed by atoms with Crippen molar-refractivity contribution in [2.24, 2.45) is 0 Å². The molecule has 4 aromatic rings. The third-order valence-electron chi connectivity index (χ3n) is 5.85. The number of aromatic nitrogens is 3. The van der Waals surface area contributed by atoms with Crippen molar-refractivity contribution >= 4 is 30.6 Å². The molecule has 2 aromatic heterocycles. The van der Waals surface area contributed by atoms with Gasteiger partial charge >= 0.3 is 219 Å². The third kappa shape index (κ3) is 5.42. The fraction of sp³-hybridized carbons (Fsp3) is 0.222. The van der Waals surface area contributed by atoms with E-state index in [0.29, 0.717) is 28.2 Å². The van der Waals surface area contributed by atoms with Crippen LogP contribution in [-0.4, -0.2) is 47.2 Å². The number of carbonyl (C=O) groups excluding carboxylic acids is 2. The van der Waals surface area contributed by atoms with E-state index in [0.717, 1.165) is 16.1 Å². The van der Waals surface area contributed by atoms with Gasteiger partial charge in [-0.1, -0.05) is 0 Å². The number of carbonyl (C=O) groups is 2. The summed E-state index contributed by atoms with van der Waals surface area (Å²) in [5.41, 5.74) is 2.35. The van der Waals surface area contributed by atoms with Gasteiger partial charge in [0, 0.05) is 0 Å². The second-order valence-corrected chi connectivity index (χ2v) is 10.8. The van der Waals surface area contributed by atoms with Crippen molar-refractivity contribution in [3.05, 3.63) is 94.6 Å². The maximum absolute atomic E-state index is 13.6. The van der Waals surface area contributed by atoms with E-state index in [1.54, 1.807) is 50.7 Å². The van der Waals surface area contributed by atoms with Gasteiger partial charge in [-0.3, -0.25) is 0 Å². The van der Waals surface area contributed by atoms with Gasteiger partial charge in [-0.05, 0) is 0 Å². The van der Waals surface area contributed by atoms with Gasteiger partial charge in [0.2, 0.25) is 0 Å². The van der Waals surface area contributed by atoms with Crippen molar-refractivity contribution in [3.8, 4) is 11.4 Å². The quantitative estimate of drug-likeness (QED) is 0.233. The number of esters is 1. The molecule has 191 valence electrons. The molecule has 0 spiro atoms. The fourth-order valence-corrected chi connectivity index (χ4v) is 5.96. The summed E-state index contributed by atoms with van der Waals surface area (Å²) in [4.78, 5) is 25.3. The Labute approximate surface area is 218 Å². The molecule has 0 saturated heterocycles. The topological polar surface area (TPSA) is 66.1 Å². The van der Waals surface area contributed by atoms with Gasteiger partial charge in [0.1, 0.15) is 0 Å². The molecule has 0 atom stereocenters. The molecule has 2 heterocycles. The Balaban J connectivity index is 1.56. The molecule has 0 aliphatic heterocycles. The average Bonchev–Trinajstić information content (AvgIpc) is 3.38. The van der Waals surface area contributed by atoms with Crippen LogP contribution in [0.1, 0.15) is 50.3 Å². The molecule has 0 saturated carbocycles. The standard InChI is InChI=1S/C27H24AsF3N3O3/c1-5-37-26(36)22-15-33(32-17(22)3)20-12-10-19(11-13-20)28-25(35)21-14-16(2)34(18(21)4)24-9-7-6-8-23(24)27(29,30)31/h6-15H,5H2,1-4H3. The number of benzene rings is 2. The number of nitrogens with zero attached hydrogens (tertiary/aromatic N) is 3. The molecule has 0 aliphatic rings. The van der Waals surface area contributed by atoms with Crippen LogP contribution in [0.3, 0.4) is 0 Å². The monoisotopic (exact) mass is 570 g/mol. The zero-order chi connectivity index (χ0) is 26.9. The molecule has 4 rings (SSSR count). The van der Waals surface area contributed by atoms with E-state index < -0.39 is 33.5 Å². The Morgan fingerprint density at radius 1 is 1.00 bits per heavy atom. The van der Waals surface area contributed by atoms with Crippen molar-refractivity contribution in [2.75, 3.05) is 6.61 Å². The summed E-state index contributed by atoms with van der Waals surface area (Å²) in [5, 5.41) is 4.37. The van der Waals surface area contributed by atoms with Crippen molar-refractivity contribution in [3.63, 3.8) is 0 Å². The first-order valence-corrected chi connectivity index (χ1v) is 13.3. The Morgan fingerprint density at radius 3 is 2.32 bits per heavy atom. The van der Waals surface area contributed by atoms with Gasteiger partial charge in [-0.25, -0.2) is 0 Å². The molecule has 0 unspecified atom stereocenters. The molecule has 37 heavy (non-hydrogen) atoms. The number of rotatable bonds is 7. The first kappa shape index (κ1) is 26.5. The van der Waals surface area contributed by atoms with Crippen molar-refractivity contribution < 1.29 is 27.5 Å². The van der Waals surface area contributed by atoms with Crippen LogP contribution in [0.5, 0.6) is 0 Å². The van der Waals surface area contributed by atoms with Crippen molar-refractivity contribution in [2.45, 2.75) is 33.9 Å². The molecule has 0 amide bonds. The number of aryl methyl sites for hydroxylation is 2. The molecule has 0 fully saturated rings. The summed E-state index contributed by atoms with van der Waals surface area (Å²) < 4.78 is 49.6. The van der Waals surface area contributed by atoms with Gasteiger partial charge in [-0.15, -0.1) is 0 Å². The van der Waals surface area contributed by atoms with Crippen LogP contribution in [0.4, 0.5) is 13.2 Å². The first-order valence-electron chi connectivity index (χ1n) is 11.5. The Kier molecular flexibility index (Phi) is 7.46. The van der Waals surface area contributed by atoms with Gasteiger partial charge in [0.15, 0.2) is 0 Å². The number of hydrogen-bond acceptors (Lipinski definition) is 4.